The van der Waals surface area contributed by atoms with Gasteiger partial charge in [-0.3, -0.25) is 0 Å². The maximum absolute atomic E-state index is 13.8. The third kappa shape index (κ3) is 2.03. The zero-order valence-electron chi connectivity index (χ0n) is 10.6. The molecular formula is C15H14FNO2. The number of aromatic nitrogens is 1. The molecule has 3 rings (SSSR count). The predicted octanol–water partition coefficient (Wildman–Crippen LogP) is 3.20. The summed E-state index contributed by atoms with van der Waals surface area (Å²) >= 11 is 0. The Kier molecular flexibility index (Phi) is 2.66. The van der Waals surface area contributed by atoms with Crippen LogP contribution in [-0.4, -0.2) is 15.6 Å². The molecule has 4 heteroatoms. The van der Waals surface area contributed by atoms with Gasteiger partial charge < -0.3 is 9.67 Å². The third-order valence-electron chi connectivity index (χ3n) is 3.56. The standard InChI is InChI=1S/C15H14FNO2/c1-17-8-12(10-3-2-4-13(16)15(10)17)11(7-14(18)19)9-5-6-9/h2-4,7-9H,5-6H2,1H3,(H,18,19)/b11-7+. The van der Waals surface area contributed by atoms with Crippen LogP contribution >= 0.6 is 0 Å². The fourth-order valence-electron chi connectivity index (χ4n) is 2.59. The molecule has 19 heavy (non-hydrogen) atoms. The summed E-state index contributed by atoms with van der Waals surface area (Å²) < 4.78 is 15.6. The van der Waals surface area contributed by atoms with Crippen molar-refractivity contribution in [2.45, 2.75) is 12.8 Å². The molecule has 0 unspecified atom stereocenters. The molecule has 1 saturated carbocycles. The van der Waals surface area contributed by atoms with Crippen LogP contribution in [0, 0.1) is 11.7 Å². The quantitative estimate of drug-likeness (QED) is 0.860. The topological polar surface area (TPSA) is 42.2 Å². The van der Waals surface area contributed by atoms with Gasteiger partial charge >= 0.3 is 5.97 Å². The number of benzene rings is 1. The van der Waals surface area contributed by atoms with Crippen LogP contribution < -0.4 is 0 Å². The van der Waals surface area contributed by atoms with Gasteiger partial charge in [-0.2, -0.15) is 0 Å². The minimum absolute atomic E-state index is 0.281. The number of rotatable bonds is 3. The summed E-state index contributed by atoms with van der Waals surface area (Å²) in [5, 5.41) is 9.78. The Labute approximate surface area is 110 Å². The van der Waals surface area contributed by atoms with Crippen LogP contribution in [-0.2, 0) is 11.8 Å². The van der Waals surface area contributed by atoms with Crippen molar-refractivity contribution in [3.63, 3.8) is 0 Å². The lowest BCUT2D eigenvalue weighted by Crippen LogP contribution is -1.94. The molecule has 0 amide bonds. The Bertz CT molecular complexity index is 695. The van der Waals surface area contributed by atoms with Crippen LogP contribution in [0.3, 0.4) is 0 Å². The summed E-state index contributed by atoms with van der Waals surface area (Å²) in [6.07, 6.45) is 5.09. The second-order valence-electron chi connectivity index (χ2n) is 5.00. The van der Waals surface area contributed by atoms with Gasteiger partial charge in [0.05, 0.1) is 5.52 Å². The summed E-state index contributed by atoms with van der Waals surface area (Å²) in [5.41, 5.74) is 2.17. The van der Waals surface area contributed by atoms with Crippen molar-refractivity contribution in [2.24, 2.45) is 13.0 Å². The van der Waals surface area contributed by atoms with E-state index in [0.717, 1.165) is 29.4 Å². The number of halogens is 1. The molecule has 0 atom stereocenters. The molecule has 1 N–H and O–H groups in total. The van der Waals surface area contributed by atoms with E-state index >= 15 is 0 Å². The molecule has 2 aromatic rings. The van der Waals surface area contributed by atoms with E-state index in [1.165, 1.54) is 12.1 Å². The molecule has 1 aliphatic rings. The number of nitrogens with zero attached hydrogens (tertiary/aromatic N) is 1. The van der Waals surface area contributed by atoms with Gasteiger partial charge in [0.2, 0.25) is 0 Å². The molecule has 1 aliphatic carbocycles. The Balaban J connectivity index is 2.24. The van der Waals surface area contributed by atoms with Gasteiger partial charge in [-0.1, -0.05) is 12.1 Å². The highest BCUT2D eigenvalue weighted by atomic mass is 19.1. The van der Waals surface area contributed by atoms with Gasteiger partial charge in [0.25, 0.3) is 0 Å². The highest BCUT2D eigenvalue weighted by Gasteiger charge is 2.29. The van der Waals surface area contributed by atoms with Crippen LogP contribution in [0.2, 0.25) is 0 Å². The van der Waals surface area contributed by atoms with E-state index in [-0.39, 0.29) is 5.82 Å². The Morgan fingerprint density at radius 3 is 2.84 bits per heavy atom. The zero-order valence-corrected chi connectivity index (χ0v) is 10.6. The first-order chi connectivity index (χ1) is 9.08. The van der Waals surface area contributed by atoms with E-state index in [1.807, 2.05) is 12.3 Å². The summed E-state index contributed by atoms with van der Waals surface area (Å²) in [4.78, 5) is 11.0. The van der Waals surface area contributed by atoms with Crippen molar-refractivity contribution in [2.75, 3.05) is 0 Å². The molecule has 1 aromatic carbocycles. The van der Waals surface area contributed by atoms with Crippen LogP contribution in [0.4, 0.5) is 4.39 Å². The second-order valence-corrected chi connectivity index (χ2v) is 5.00. The number of fused-ring (bicyclic) bond motifs is 1. The molecule has 98 valence electrons. The first kappa shape index (κ1) is 12.0. The maximum Gasteiger partial charge on any atom is 0.328 e. The lowest BCUT2D eigenvalue weighted by atomic mass is 10.0. The average Bonchev–Trinajstić information content (AvgIpc) is 3.12. The highest BCUT2D eigenvalue weighted by molar-refractivity contribution is 5.99. The van der Waals surface area contributed by atoms with E-state index in [1.54, 1.807) is 17.7 Å². The summed E-state index contributed by atoms with van der Waals surface area (Å²) in [5.74, 6) is -0.933. The third-order valence-corrected chi connectivity index (χ3v) is 3.56. The van der Waals surface area contributed by atoms with Gasteiger partial charge in [-0.15, -0.1) is 0 Å². The number of aliphatic carboxylic acids is 1. The summed E-state index contributed by atoms with van der Waals surface area (Å²) in [7, 11) is 1.78. The van der Waals surface area contributed by atoms with Gasteiger partial charge in [-0.05, 0) is 30.4 Å². The molecule has 0 saturated heterocycles. The van der Waals surface area contributed by atoms with E-state index < -0.39 is 5.97 Å². The predicted molar refractivity (Wildman–Crippen MR) is 71.2 cm³/mol. The molecular weight excluding hydrogens is 245 g/mol. The summed E-state index contributed by atoms with van der Waals surface area (Å²) in [6, 6.07) is 4.92. The number of carbonyl (C=O) groups is 1. The second kappa shape index (κ2) is 4.23. The highest BCUT2D eigenvalue weighted by Crippen LogP contribution is 2.44. The first-order valence-electron chi connectivity index (χ1n) is 6.26. The smallest absolute Gasteiger partial charge is 0.328 e. The lowest BCUT2D eigenvalue weighted by molar-refractivity contribution is -0.131. The first-order valence-corrected chi connectivity index (χ1v) is 6.26. The van der Waals surface area contributed by atoms with Crippen LogP contribution in [0.25, 0.3) is 16.5 Å². The molecule has 1 aromatic heterocycles. The molecule has 3 nitrogen and oxygen atoms in total. The Morgan fingerprint density at radius 1 is 1.47 bits per heavy atom. The molecule has 0 bridgehead atoms. The zero-order chi connectivity index (χ0) is 13.6. The van der Waals surface area contributed by atoms with Crippen molar-refractivity contribution < 1.29 is 14.3 Å². The van der Waals surface area contributed by atoms with Crippen molar-refractivity contribution in [1.29, 1.82) is 0 Å². The van der Waals surface area contributed by atoms with Crippen molar-refractivity contribution in [1.82, 2.24) is 4.57 Å². The van der Waals surface area contributed by atoms with Crippen molar-refractivity contribution in [3.05, 3.63) is 41.9 Å². The fraction of sp³-hybridized carbons (Fsp3) is 0.267. The van der Waals surface area contributed by atoms with Gasteiger partial charge in [0.15, 0.2) is 0 Å². The van der Waals surface area contributed by atoms with Crippen molar-refractivity contribution >= 4 is 22.4 Å². The lowest BCUT2D eigenvalue weighted by Gasteiger charge is -2.03. The van der Waals surface area contributed by atoms with Gasteiger partial charge in [0.1, 0.15) is 5.82 Å². The van der Waals surface area contributed by atoms with E-state index in [0.29, 0.717) is 11.4 Å². The average molecular weight is 259 g/mol. The molecule has 0 radical (unpaired) electrons. The number of carboxylic acids is 1. The number of hydrogen-bond acceptors (Lipinski definition) is 1. The number of hydrogen-bond donors (Lipinski definition) is 1. The normalized spacial score (nSPS) is 16.0. The van der Waals surface area contributed by atoms with E-state index in [4.69, 9.17) is 5.11 Å². The van der Waals surface area contributed by atoms with Crippen LogP contribution in [0.15, 0.2) is 30.5 Å². The molecule has 0 spiro atoms. The van der Waals surface area contributed by atoms with E-state index in [2.05, 4.69) is 0 Å². The number of aryl methyl sites for hydroxylation is 1. The minimum atomic E-state index is -0.949. The number of allylic oxidation sites excluding steroid dienone is 1. The van der Waals surface area contributed by atoms with Crippen LogP contribution in [0.1, 0.15) is 18.4 Å². The van der Waals surface area contributed by atoms with Crippen molar-refractivity contribution in [3.8, 4) is 0 Å². The molecule has 1 heterocycles. The number of carboxylic acid groups (broad SMARTS) is 1. The molecule has 1 fully saturated rings. The fourth-order valence-corrected chi connectivity index (χ4v) is 2.59. The largest absolute Gasteiger partial charge is 0.478 e. The maximum atomic E-state index is 13.8. The SMILES string of the molecule is Cn1cc(/C(=C/C(=O)O)C2CC2)c2cccc(F)c21. The number of para-hydroxylation sites is 1. The van der Waals surface area contributed by atoms with Gasteiger partial charge in [0, 0.05) is 30.3 Å². The minimum Gasteiger partial charge on any atom is -0.478 e. The molecule has 0 aliphatic heterocycles. The summed E-state index contributed by atoms with van der Waals surface area (Å²) in [6.45, 7) is 0. The van der Waals surface area contributed by atoms with Gasteiger partial charge in [-0.25, -0.2) is 9.18 Å². The van der Waals surface area contributed by atoms with E-state index in [9.17, 15) is 9.18 Å². The Morgan fingerprint density at radius 2 is 2.21 bits per heavy atom. The Hall–Kier alpha value is -2.10. The monoisotopic (exact) mass is 259 g/mol. The van der Waals surface area contributed by atoms with Crippen LogP contribution in [0.5, 0.6) is 0 Å².